The van der Waals surface area contributed by atoms with Gasteiger partial charge in [-0.05, 0) is 0 Å². The van der Waals surface area contributed by atoms with Gasteiger partial charge in [-0.3, -0.25) is 47.0 Å². The van der Waals surface area contributed by atoms with Crippen molar-refractivity contribution in [2.45, 2.75) is 61.8 Å². The lowest BCUT2D eigenvalue weighted by atomic mass is 10.1. The number of aromatic amines is 2. The van der Waals surface area contributed by atoms with E-state index in [4.69, 9.17) is 30.0 Å². The monoisotopic (exact) mass is 911 g/mol. The highest BCUT2D eigenvalue weighted by molar-refractivity contribution is 7.63. The first-order chi connectivity index (χ1) is 28.1. The van der Waals surface area contributed by atoms with Gasteiger partial charge in [0.1, 0.15) is 36.6 Å². The number of aromatic nitrogens is 11. The number of nitrogens with one attached hydrogen (secondary N) is 3. The minimum absolute atomic E-state index is 0.0124. The van der Waals surface area contributed by atoms with Crippen molar-refractivity contribution in [3.63, 3.8) is 0 Å². The van der Waals surface area contributed by atoms with Gasteiger partial charge in [-0.15, -0.1) is 5.10 Å². The van der Waals surface area contributed by atoms with E-state index in [9.17, 15) is 58.4 Å². The van der Waals surface area contributed by atoms with Crippen molar-refractivity contribution in [2.75, 3.05) is 31.2 Å². The van der Waals surface area contributed by atoms with Gasteiger partial charge in [0.05, 0.1) is 45.0 Å². The average Bonchev–Trinajstić information content (AvgIpc) is 3.95. The topological polar surface area (TPSA) is 452 Å². The summed E-state index contributed by atoms with van der Waals surface area (Å²) in [4.78, 5) is 71.8. The minimum Gasteiger partial charge on any atom is -0.387 e. The lowest BCUT2D eigenvalue weighted by Crippen LogP contribution is -2.46. The van der Waals surface area contributed by atoms with Gasteiger partial charge >= 0.3 is 28.8 Å². The molecular weight excluding hydrogens is 873 g/mol. The van der Waals surface area contributed by atoms with Crippen LogP contribution in [0.1, 0.15) is 18.1 Å². The molecule has 60 heavy (non-hydrogen) atoms. The van der Waals surface area contributed by atoms with E-state index in [1.807, 2.05) is 0 Å². The summed E-state index contributed by atoms with van der Waals surface area (Å²) in [5.41, 5.74) is 9.65. The Hall–Kier alpha value is -4.39. The van der Waals surface area contributed by atoms with E-state index in [0.717, 1.165) is 21.8 Å². The number of imidazole rings is 2. The van der Waals surface area contributed by atoms with Crippen LogP contribution in [0.4, 0.5) is 11.9 Å². The van der Waals surface area contributed by atoms with Crippen molar-refractivity contribution < 1.29 is 76.2 Å². The molecule has 2 saturated heterocycles. The van der Waals surface area contributed by atoms with Gasteiger partial charge in [-0.1, -0.05) is 10.2 Å². The molecule has 2 aliphatic rings. The van der Waals surface area contributed by atoms with E-state index in [2.05, 4.69) is 44.6 Å². The molecule has 14 N–H and O–H groups in total. The van der Waals surface area contributed by atoms with Crippen LogP contribution in [0.25, 0.3) is 22.3 Å². The maximum atomic E-state index is 12.8. The van der Waals surface area contributed by atoms with Crippen molar-refractivity contribution in [3.8, 4) is 0 Å². The van der Waals surface area contributed by atoms with Crippen molar-refractivity contribution in [3.05, 3.63) is 45.3 Å². The second-order valence-electron chi connectivity index (χ2n) is 13.5. The molecule has 11 atom stereocenters. The van der Waals surface area contributed by atoms with Crippen LogP contribution in [-0.2, 0) is 56.3 Å². The van der Waals surface area contributed by atoms with Crippen LogP contribution in [0.3, 0.4) is 0 Å². The van der Waals surface area contributed by atoms with E-state index < -0.39 is 103 Å². The van der Waals surface area contributed by atoms with E-state index in [1.165, 1.54) is 22.5 Å². The fourth-order valence-corrected chi connectivity index (χ4v) is 9.83. The van der Waals surface area contributed by atoms with Gasteiger partial charge in [-0.2, -0.15) is 4.98 Å². The van der Waals surface area contributed by atoms with E-state index in [-0.39, 0.29) is 53.0 Å². The molecule has 0 spiro atoms. The molecule has 0 radical (unpaired) electrons. The fraction of sp³-hybridized carbons (Fsp3) is 0.538. The number of nitrogen functional groups attached to an aromatic ring is 2. The predicted molar refractivity (Wildman–Crippen MR) is 195 cm³/mol. The van der Waals surface area contributed by atoms with E-state index in [0.29, 0.717) is 0 Å². The van der Waals surface area contributed by atoms with E-state index in [1.54, 1.807) is 0 Å². The summed E-state index contributed by atoms with van der Waals surface area (Å²) in [5.74, 6) is -0.483. The molecule has 7 rings (SSSR count). The number of H-pyrrole nitrogens is 2. The van der Waals surface area contributed by atoms with E-state index >= 15 is 0 Å². The zero-order chi connectivity index (χ0) is 43.5. The molecule has 2 aliphatic heterocycles. The number of phosphoric acid groups is 1. The molecule has 5 unspecified atom stereocenters. The van der Waals surface area contributed by atoms with Crippen LogP contribution >= 0.6 is 23.2 Å². The molecular formula is C26H38N14O17P3+. The van der Waals surface area contributed by atoms with Crippen LogP contribution in [-0.4, -0.2) is 141 Å². The molecule has 7 heterocycles. The highest BCUT2D eigenvalue weighted by atomic mass is 31.3. The Kier molecular flexibility index (Phi) is 12.0. The van der Waals surface area contributed by atoms with Gasteiger partial charge in [0.15, 0.2) is 23.7 Å². The quantitative estimate of drug-likeness (QED) is 0.0325. The van der Waals surface area contributed by atoms with Crippen LogP contribution in [0.2, 0.25) is 0 Å². The van der Waals surface area contributed by atoms with Crippen LogP contribution < -0.4 is 32.2 Å². The number of nitrogens with two attached hydrogens (primary N) is 2. The van der Waals surface area contributed by atoms with Crippen molar-refractivity contribution in [1.29, 1.82) is 0 Å². The third kappa shape index (κ3) is 9.11. The number of aliphatic hydroxyl groups excluding tert-OH is 4. The number of phosphoric ester groups is 1. The predicted octanol–water partition coefficient (Wildman–Crippen LogP) is -5.10. The zero-order valence-electron chi connectivity index (χ0n) is 30.6. The first kappa shape index (κ1) is 43.7. The minimum atomic E-state index is -5.34. The second kappa shape index (κ2) is 16.5. The van der Waals surface area contributed by atoms with Crippen LogP contribution in [0, 0.1) is 0 Å². The number of fused-ring (bicyclic) bond motifs is 2. The Bertz CT molecular complexity index is 2670. The maximum absolute atomic E-state index is 12.8. The Balaban J connectivity index is 0.868. The molecule has 0 aliphatic carbocycles. The number of aryl methyl sites for hydroxylation is 1. The largest absolute Gasteiger partial charge is 0.479 e. The van der Waals surface area contributed by atoms with Gasteiger partial charge in [-0.25, -0.2) is 28.1 Å². The molecule has 5 aromatic rings. The number of anilines is 2. The number of hydrogen-bond donors (Lipinski definition) is 12. The first-order valence-corrected chi connectivity index (χ1v) is 22.1. The van der Waals surface area contributed by atoms with Crippen molar-refractivity contribution >= 4 is 57.4 Å². The maximum Gasteiger partial charge on any atom is 0.479 e. The van der Waals surface area contributed by atoms with Crippen molar-refractivity contribution in [2.24, 2.45) is 7.05 Å². The summed E-state index contributed by atoms with van der Waals surface area (Å²) >= 11 is 0. The highest BCUT2D eigenvalue weighted by Gasteiger charge is 2.49. The fourth-order valence-electron chi connectivity index (χ4n) is 6.41. The van der Waals surface area contributed by atoms with Crippen LogP contribution in [0.5, 0.6) is 0 Å². The molecule has 328 valence electrons. The normalized spacial score (nSPS) is 27.7. The molecule has 0 amide bonds. The first-order valence-electron chi connectivity index (χ1n) is 17.3. The number of aliphatic hydroxyl groups is 4. The number of hydrogen-bond acceptors (Lipinski definition) is 21. The molecule has 5 aromatic heterocycles. The lowest BCUT2D eigenvalue weighted by molar-refractivity contribution is -0.745. The molecule has 34 heteroatoms. The molecule has 0 aromatic carbocycles. The SMILES string of the molecule is Cn1c[n+]([C@@H]2O[C@H](COP(=O)(O)OP(=O)(O)Cc3cn(CCNP(=O)(O)OC[C@H]4O[C@@H](n5cnc6c(=O)[nH]c(N)nc65)[C@@H](O)C4O)nn3)[C@H](O)C2O)c2nc(N)[nH]c(=O)c21. The standard InChI is InChI=1S/C26H37N14O17P3/c1-37-9-40(20-14(37)22(46)34-26(28)32-20)24-18(44)16(42)12(56-24)6-54-60(51,52)57-58(47,48)7-10-4-38(36-35-10)3-2-30-59(49,50)53-5-11-15(41)17(43)23(55-11)39-8-29-13-19(39)31-25(27)33-21(13)45/h4,8-9,11-12,15-18,23-24,41-44H,2-3,5-7H2,1H3,(H9-,27,28,30,31,32,33,34,45,46,47,48,49,50,51,52)/p+1/t11-,12-,15?,16+,17+,18?,23-,24-/m1/s1. The molecule has 0 saturated carbocycles. The Morgan fingerprint density at radius 1 is 0.933 bits per heavy atom. The second-order valence-corrected chi connectivity index (χ2v) is 18.5. The summed E-state index contributed by atoms with van der Waals surface area (Å²) in [5, 5.41) is 52.0. The summed E-state index contributed by atoms with van der Waals surface area (Å²) < 4.78 is 68.5. The lowest BCUT2D eigenvalue weighted by Gasteiger charge is -2.19. The average molecular weight is 912 g/mol. The van der Waals surface area contributed by atoms with Gasteiger partial charge < -0.3 is 56.0 Å². The van der Waals surface area contributed by atoms with Gasteiger partial charge in [0, 0.05) is 12.7 Å². The third-order valence-corrected chi connectivity index (χ3v) is 13.3. The van der Waals surface area contributed by atoms with Crippen molar-refractivity contribution in [1.82, 2.24) is 54.1 Å². The molecule has 0 bridgehead atoms. The number of ether oxygens (including phenoxy) is 2. The summed E-state index contributed by atoms with van der Waals surface area (Å²) in [6, 6.07) is 0. The van der Waals surface area contributed by atoms with Gasteiger partial charge in [0.2, 0.25) is 17.7 Å². The third-order valence-electron chi connectivity index (χ3n) is 9.11. The highest BCUT2D eigenvalue weighted by Crippen LogP contribution is 2.61. The number of nitrogens with zero attached hydrogens (tertiary/aromatic N) is 9. The van der Waals surface area contributed by atoms with Crippen LogP contribution in [0.15, 0.2) is 28.4 Å². The molecule has 31 nitrogen and oxygen atoms in total. The Morgan fingerprint density at radius 3 is 2.35 bits per heavy atom. The summed E-state index contributed by atoms with van der Waals surface area (Å²) in [6.07, 6.45) is -9.43. The smallest absolute Gasteiger partial charge is 0.387 e. The summed E-state index contributed by atoms with van der Waals surface area (Å²) in [7, 11) is -13.4. The summed E-state index contributed by atoms with van der Waals surface area (Å²) in [6.45, 7) is -2.06. The van der Waals surface area contributed by atoms with Gasteiger partial charge in [0.25, 0.3) is 17.1 Å². The molecule has 2 fully saturated rings. The Labute approximate surface area is 332 Å². The zero-order valence-corrected chi connectivity index (χ0v) is 33.3. The number of rotatable bonds is 16. The Morgan fingerprint density at radius 2 is 1.60 bits per heavy atom.